The van der Waals surface area contributed by atoms with E-state index in [9.17, 15) is 19.0 Å². The van der Waals surface area contributed by atoms with Crippen LogP contribution in [0.1, 0.15) is 38.2 Å². The Morgan fingerprint density at radius 3 is 2.89 bits per heavy atom. The van der Waals surface area contributed by atoms with Gasteiger partial charge in [0.15, 0.2) is 5.82 Å². The van der Waals surface area contributed by atoms with Crippen molar-refractivity contribution < 1.29 is 28.1 Å². The Hall–Kier alpha value is -3.74. The molecule has 45 heavy (non-hydrogen) atoms. The van der Waals surface area contributed by atoms with Gasteiger partial charge in [-0.05, 0) is 72.7 Å². The quantitative estimate of drug-likeness (QED) is 0.210. The lowest BCUT2D eigenvalue weighted by Gasteiger charge is -2.30. The number of phenolic OH excluding ortho intramolecular Hbond substituents is 1. The van der Waals surface area contributed by atoms with Crippen LogP contribution < -0.4 is 15.4 Å². The number of ether oxygens (including phenoxy) is 1. The number of aromatic nitrogens is 3. The van der Waals surface area contributed by atoms with Crippen molar-refractivity contribution in [2.45, 2.75) is 56.8 Å². The second-order valence-electron chi connectivity index (χ2n) is 12.6. The van der Waals surface area contributed by atoms with Crippen molar-refractivity contribution in [3.8, 4) is 23.0 Å². The molecule has 9 nitrogen and oxygen atoms in total. The van der Waals surface area contributed by atoms with Gasteiger partial charge >= 0.3 is 6.01 Å². The first-order chi connectivity index (χ1) is 21.8. The molecule has 5 heterocycles. The van der Waals surface area contributed by atoms with Crippen LogP contribution in [0, 0.1) is 17.6 Å². The molecule has 0 amide bonds. The Kier molecular flexibility index (Phi) is 7.91. The molecule has 3 aliphatic rings. The number of alkyl halides is 1. The third-order valence-corrected chi connectivity index (χ3v) is 9.75. The minimum atomic E-state index is -0.924. The molecule has 3 saturated heterocycles. The average molecular weight is 623 g/mol. The molecule has 0 saturated carbocycles. The minimum Gasteiger partial charge on any atom is -0.508 e. The summed E-state index contributed by atoms with van der Waals surface area (Å²) in [5.41, 5.74) is 0.0908. The first-order valence-electron chi connectivity index (χ1n) is 15.7. The largest absolute Gasteiger partial charge is 0.508 e. The Morgan fingerprint density at radius 2 is 2.09 bits per heavy atom. The molecule has 2 aromatic heterocycles. The van der Waals surface area contributed by atoms with Crippen LogP contribution in [0.25, 0.3) is 32.9 Å². The fraction of sp³-hybridized carbons (Fsp3) is 0.485. The van der Waals surface area contributed by atoms with Gasteiger partial charge in [0, 0.05) is 43.9 Å². The van der Waals surface area contributed by atoms with E-state index in [0.717, 1.165) is 25.8 Å². The number of rotatable bonds is 9. The normalized spacial score (nSPS) is 25.0. The third kappa shape index (κ3) is 5.42. The zero-order chi connectivity index (χ0) is 31.3. The van der Waals surface area contributed by atoms with Crippen molar-refractivity contribution in [3.05, 3.63) is 47.7 Å². The number of phenols is 1. The summed E-state index contributed by atoms with van der Waals surface area (Å²) in [5, 5.41) is 28.0. The number of fused-ring (bicyclic) bond motifs is 3. The van der Waals surface area contributed by atoms with E-state index in [2.05, 4.69) is 30.5 Å². The highest BCUT2D eigenvalue weighted by molar-refractivity contribution is 6.01. The zero-order valence-electron chi connectivity index (χ0n) is 25.1. The lowest BCUT2D eigenvalue weighted by Crippen LogP contribution is -2.43. The van der Waals surface area contributed by atoms with E-state index >= 15 is 4.39 Å². The molecule has 2 aromatic carbocycles. The maximum Gasteiger partial charge on any atom is 0.319 e. The van der Waals surface area contributed by atoms with Crippen LogP contribution in [0.4, 0.5) is 19.0 Å². The fourth-order valence-electron chi connectivity index (χ4n) is 7.54. The predicted octanol–water partition coefficient (Wildman–Crippen LogP) is 4.73. The number of nitrogens with one attached hydrogen (secondary N) is 2. The van der Waals surface area contributed by atoms with Gasteiger partial charge in [-0.2, -0.15) is 9.97 Å². The maximum atomic E-state index is 16.6. The Bertz CT molecular complexity index is 1760. The molecule has 7 rings (SSSR count). The van der Waals surface area contributed by atoms with E-state index in [1.165, 1.54) is 24.4 Å². The number of nitrogens with zero attached hydrogens (tertiary/aromatic N) is 4. The number of aromatic hydroxyl groups is 1. The molecule has 0 spiro atoms. The Balaban J connectivity index is 1.31. The summed E-state index contributed by atoms with van der Waals surface area (Å²) in [6.07, 6.45) is 3.81. The Labute approximate surface area is 258 Å². The summed E-state index contributed by atoms with van der Waals surface area (Å²) in [4.78, 5) is 15.7. The van der Waals surface area contributed by atoms with E-state index in [1.807, 2.05) is 6.92 Å². The van der Waals surface area contributed by atoms with Crippen molar-refractivity contribution in [1.82, 2.24) is 25.2 Å². The molecule has 0 radical (unpaired) electrons. The van der Waals surface area contributed by atoms with Crippen molar-refractivity contribution in [3.63, 3.8) is 0 Å². The summed E-state index contributed by atoms with van der Waals surface area (Å²) >= 11 is 0. The van der Waals surface area contributed by atoms with Crippen molar-refractivity contribution in [1.29, 1.82) is 0 Å². The van der Waals surface area contributed by atoms with Gasteiger partial charge in [0.05, 0.1) is 17.5 Å². The number of halogens is 3. The summed E-state index contributed by atoms with van der Waals surface area (Å²) in [6.45, 7) is 4.45. The predicted molar refractivity (Wildman–Crippen MR) is 165 cm³/mol. The van der Waals surface area contributed by atoms with Crippen LogP contribution in [-0.2, 0) is 6.42 Å². The van der Waals surface area contributed by atoms with Gasteiger partial charge in [0.25, 0.3) is 0 Å². The summed E-state index contributed by atoms with van der Waals surface area (Å²) < 4.78 is 52.1. The second-order valence-corrected chi connectivity index (χ2v) is 12.6. The second kappa shape index (κ2) is 11.9. The number of pyridine rings is 1. The first-order valence-corrected chi connectivity index (χ1v) is 15.7. The van der Waals surface area contributed by atoms with Crippen LogP contribution >= 0.6 is 0 Å². The topological polar surface area (TPSA) is 116 Å². The van der Waals surface area contributed by atoms with Gasteiger partial charge in [0.1, 0.15) is 41.4 Å². The molecule has 3 aliphatic heterocycles. The van der Waals surface area contributed by atoms with Gasteiger partial charge in [-0.3, -0.25) is 9.88 Å². The van der Waals surface area contributed by atoms with Crippen molar-refractivity contribution in [2.24, 2.45) is 5.92 Å². The standard InChI is InChI=1S/C33H37F3N6O3/c1-2-23-26(35)5-4-19-9-22(44)10-24(27(19)23)29-28(36)30-25(14-38-29)31(39-13-18-8-21(16-43)37-12-18)41-32(40-30)45-17-33-6-3-7-42(33)15-20(34)11-33/h4-5,9-10,14,18,20-21,37,43-44H,2-3,6-8,11-13,15-17H2,1H3,(H,39,40,41)/t18?,20-,21?,33+/m1/s1. The van der Waals surface area contributed by atoms with Crippen LogP contribution in [0.5, 0.6) is 11.8 Å². The van der Waals surface area contributed by atoms with E-state index in [4.69, 9.17) is 4.74 Å². The van der Waals surface area contributed by atoms with Gasteiger partial charge in [-0.25, -0.2) is 13.2 Å². The molecule has 238 valence electrons. The fourth-order valence-corrected chi connectivity index (χ4v) is 7.54. The van der Waals surface area contributed by atoms with Gasteiger partial charge < -0.3 is 25.6 Å². The van der Waals surface area contributed by atoms with E-state index in [1.54, 1.807) is 6.07 Å². The molecule has 12 heteroatoms. The molecule has 4 atom stereocenters. The SMILES string of the molecule is CCc1c(F)ccc2cc(O)cc(-c3ncc4c(NCC5CNC(CO)C5)nc(OC[C@@]56CCCN5C[C@H](F)C6)nc4c3F)c12. The van der Waals surface area contributed by atoms with Crippen molar-refractivity contribution in [2.75, 3.05) is 44.7 Å². The highest BCUT2D eigenvalue weighted by atomic mass is 19.1. The average Bonchev–Trinajstić information content (AvgIpc) is 3.73. The zero-order valence-corrected chi connectivity index (χ0v) is 25.1. The maximum absolute atomic E-state index is 16.6. The van der Waals surface area contributed by atoms with Gasteiger partial charge in [-0.15, -0.1) is 0 Å². The monoisotopic (exact) mass is 622 g/mol. The van der Waals surface area contributed by atoms with Gasteiger partial charge in [0.2, 0.25) is 0 Å². The Morgan fingerprint density at radius 1 is 1.22 bits per heavy atom. The number of aryl methyl sites for hydroxylation is 1. The number of benzene rings is 2. The van der Waals surface area contributed by atoms with Crippen LogP contribution in [0.3, 0.4) is 0 Å². The number of anilines is 1. The highest BCUT2D eigenvalue weighted by Crippen LogP contribution is 2.41. The smallest absolute Gasteiger partial charge is 0.319 e. The lowest BCUT2D eigenvalue weighted by atomic mass is 9.94. The van der Waals surface area contributed by atoms with Gasteiger partial charge in [-0.1, -0.05) is 13.0 Å². The van der Waals surface area contributed by atoms with E-state index in [-0.39, 0.29) is 53.7 Å². The minimum absolute atomic E-state index is 0.0221. The van der Waals surface area contributed by atoms with Crippen molar-refractivity contribution >= 4 is 27.5 Å². The van der Waals surface area contributed by atoms with Crippen LogP contribution in [0.2, 0.25) is 0 Å². The molecule has 0 aliphatic carbocycles. The highest BCUT2D eigenvalue weighted by Gasteiger charge is 2.49. The summed E-state index contributed by atoms with van der Waals surface area (Å²) in [5.74, 6) is -0.724. The number of aliphatic hydroxyl groups excluding tert-OH is 1. The van der Waals surface area contributed by atoms with E-state index in [0.29, 0.717) is 60.0 Å². The number of aliphatic hydroxyl groups is 1. The molecule has 4 aromatic rings. The molecule has 0 bridgehead atoms. The van der Waals surface area contributed by atoms with Crippen LogP contribution in [0.15, 0.2) is 30.5 Å². The first kappa shape index (κ1) is 29.9. The van der Waals surface area contributed by atoms with E-state index < -0.39 is 23.3 Å². The lowest BCUT2D eigenvalue weighted by molar-refractivity contribution is 0.107. The molecule has 3 fully saturated rings. The molecular formula is C33H37F3N6O3. The molecular weight excluding hydrogens is 585 g/mol. The van der Waals surface area contributed by atoms with Crippen LogP contribution in [-0.4, -0.2) is 87.2 Å². The summed E-state index contributed by atoms with van der Waals surface area (Å²) in [7, 11) is 0. The molecule has 4 N–H and O–H groups in total. The number of hydrogen-bond donors (Lipinski definition) is 4. The number of hydrogen-bond acceptors (Lipinski definition) is 9. The molecule has 2 unspecified atom stereocenters. The summed E-state index contributed by atoms with van der Waals surface area (Å²) in [6, 6.07) is 5.78. The third-order valence-electron chi connectivity index (χ3n) is 9.75.